The fourth-order valence-corrected chi connectivity index (χ4v) is 3.67. The quantitative estimate of drug-likeness (QED) is 0.848. The van der Waals surface area contributed by atoms with Crippen LogP contribution in [0.15, 0.2) is 30.5 Å². The van der Waals surface area contributed by atoms with E-state index in [1.165, 1.54) is 38.8 Å². The molecule has 0 radical (unpaired) electrons. The molecule has 4 heteroatoms. The second-order valence-electron chi connectivity index (χ2n) is 6.20. The van der Waals surface area contributed by atoms with Crippen LogP contribution < -0.4 is 4.90 Å². The SMILES string of the molecule is c1ccc2nc(N3CCC[C@H](N4CCCC4)C3)cnc2c1. The van der Waals surface area contributed by atoms with Crippen LogP contribution in [0.4, 0.5) is 5.82 Å². The highest BCUT2D eigenvalue weighted by Crippen LogP contribution is 2.24. The molecule has 0 N–H and O–H groups in total. The number of anilines is 1. The molecule has 0 unspecified atom stereocenters. The van der Waals surface area contributed by atoms with Crippen LogP contribution in [0.2, 0.25) is 0 Å². The molecule has 4 nitrogen and oxygen atoms in total. The van der Waals surface area contributed by atoms with E-state index in [-0.39, 0.29) is 0 Å². The molecule has 0 aliphatic carbocycles. The van der Waals surface area contributed by atoms with Crippen LogP contribution >= 0.6 is 0 Å². The Bertz CT molecular complexity index is 621. The van der Waals surface area contributed by atoms with Gasteiger partial charge in [-0.25, -0.2) is 4.98 Å². The van der Waals surface area contributed by atoms with Crippen molar-refractivity contribution in [1.82, 2.24) is 14.9 Å². The number of hydrogen-bond donors (Lipinski definition) is 0. The van der Waals surface area contributed by atoms with Gasteiger partial charge in [-0.1, -0.05) is 12.1 Å². The van der Waals surface area contributed by atoms with Crippen molar-refractivity contribution in [3.8, 4) is 0 Å². The second-order valence-corrected chi connectivity index (χ2v) is 6.20. The zero-order valence-corrected chi connectivity index (χ0v) is 12.4. The molecule has 0 spiro atoms. The summed E-state index contributed by atoms with van der Waals surface area (Å²) in [6, 6.07) is 8.82. The van der Waals surface area contributed by atoms with E-state index in [1.54, 1.807) is 0 Å². The molecule has 2 fully saturated rings. The van der Waals surface area contributed by atoms with Gasteiger partial charge in [0.05, 0.1) is 17.2 Å². The molecule has 2 aromatic rings. The van der Waals surface area contributed by atoms with E-state index in [0.717, 1.165) is 29.9 Å². The van der Waals surface area contributed by atoms with Gasteiger partial charge < -0.3 is 4.90 Å². The van der Waals surface area contributed by atoms with Gasteiger partial charge in [-0.15, -0.1) is 0 Å². The van der Waals surface area contributed by atoms with E-state index >= 15 is 0 Å². The smallest absolute Gasteiger partial charge is 0.147 e. The van der Waals surface area contributed by atoms with Gasteiger partial charge in [-0.3, -0.25) is 9.88 Å². The van der Waals surface area contributed by atoms with Crippen LogP contribution in [0, 0.1) is 0 Å². The molecule has 2 aliphatic heterocycles. The molecule has 110 valence electrons. The normalized spacial score (nSPS) is 23.8. The predicted molar refractivity (Wildman–Crippen MR) is 85.6 cm³/mol. The van der Waals surface area contributed by atoms with E-state index < -0.39 is 0 Å². The first-order valence-electron chi connectivity index (χ1n) is 8.11. The Hall–Kier alpha value is -1.68. The van der Waals surface area contributed by atoms with Crippen molar-refractivity contribution in [3.05, 3.63) is 30.5 Å². The molecule has 1 aromatic heterocycles. The lowest BCUT2D eigenvalue weighted by Gasteiger charge is -2.38. The first-order chi connectivity index (χ1) is 10.4. The Balaban J connectivity index is 1.56. The van der Waals surface area contributed by atoms with Crippen LogP contribution in [0.5, 0.6) is 0 Å². The molecule has 2 saturated heterocycles. The lowest BCUT2D eigenvalue weighted by atomic mass is 10.0. The minimum atomic E-state index is 0.703. The molecule has 1 aromatic carbocycles. The highest BCUT2D eigenvalue weighted by molar-refractivity contribution is 5.75. The fourth-order valence-electron chi connectivity index (χ4n) is 3.67. The summed E-state index contributed by atoms with van der Waals surface area (Å²) < 4.78 is 0. The molecule has 21 heavy (non-hydrogen) atoms. The summed E-state index contributed by atoms with van der Waals surface area (Å²) in [5, 5.41) is 0. The monoisotopic (exact) mass is 282 g/mol. The molecular formula is C17H22N4. The Morgan fingerprint density at radius 3 is 2.62 bits per heavy atom. The van der Waals surface area contributed by atoms with Gasteiger partial charge in [-0.05, 0) is 50.9 Å². The summed E-state index contributed by atoms with van der Waals surface area (Å²) in [4.78, 5) is 14.5. The largest absolute Gasteiger partial charge is 0.354 e. The Morgan fingerprint density at radius 1 is 0.952 bits per heavy atom. The molecule has 0 saturated carbocycles. The zero-order chi connectivity index (χ0) is 14.1. The summed E-state index contributed by atoms with van der Waals surface area (Å²) in [5.41, 5.74) is 1.98. The highest BCUT2D eigenvalue weighted by Gasteiger charge is 2.27. The maximum atomic E-state index is 4.80. The Labute approximate surface area is 125 Å². The third kappa shape index (κ3) is 2.60. The maximum absolute atomic E-state index is 4.80. The number of nitrogens with zero attached hydrogens (tertiary/aromatic N) is 4. The summed E-state index contributed by atoms with van der Waals surface area (Å²) in [6.45, 7) is 4.77. The number of fused-ring (bicyclic) bond motifs is 1. The molecule has 2 aliphatic rings. The van der Waals surface area contributed by atoms with Crippen molar-refractivity contribution in [3.63, 3.8) is 0 Å². The Kier molecular flexibility index (Phi) is 3.47. The number of benzene rings is 1. The molecule has 1 atom stereocenters. The van der Waals surface area contributed by atoms with Crippen molar-refractivity contribution in [2.24, 2.45) is 0 Å². The number of para-hydroxylation sites is 2. The molecule has 0 bridgehead atoms. The van der Waals surface area contributed by atoms with Gasteiger partial charge in [-0.2, -0.15) is 0 Å². The Morgan fingerprint density at radius 2 is 1.76 bits per heavy atom. The minimum Gasteiger partial charge on any atom is -0.354 e. The molecule has 3 heterocycles. The summed E-state index contributed by atoms with van der Waals surface area (Å²) in [6.07, 6.45) is 7.26. The second kappa shape index (κ2) is 5.60. The first-order valence-corrected chi connectivity index (χ1v) is 8.11. The summed E-state index contributed by atoms with van der Waals surface area (Å²) >= 11 is 0. The maximum Gasteiger partial charge on any atom is 0.147 e. The number of aromatic nitrogens is 2. The van der Waals surface area contributed by atoms with Crippen LogP contribution in [0.25, 0.3) is 11.0 Å². The van der Waals surface area contributed by atoms with Gasteiger partial charge in [0.1, 0.15) is 5.82 Å². The number of hydrogen-bond acceptors (Lipinski definition) is 4. The first kappa shape index (κ1) is 13.0. The van der Waals surface area contributed by atoms with Crippen molar-refractivity contribution < 1.29 is 0 Å². The topological polar surface area (TPSA) is 32.3 Å². The van der Waals surface area contributed by atoms with Crippen molar-refractivity contribution in [2.45, 2.75) is 31.7 Å². The van der Waals surface area contributed by atoms with E-state index in [4.69, 9.17) is 4.98 Å². The molecular weight excluding hydrogens is 260 g/mol. The van der Waals surface area contributed by atoms with Crippen molar-refractivity contribution in [1.29, 1.82) is 0 Å². The number of rotatable bonds is 2. The highest BCUT2D eigenvalue weighted by atomic mass is 15.3. The summed E-state index contributed by atoms with van der Waals surface area (Å²) in [7, 11) is 0. The minimum absolute atomic E-state index is 0.703. The van der Waals surface area contributed by atoms with Crippen molar-refractivity contribution >= 4 is 16.9 Å². The van der Waals surface area contributed by atoms with Crippen LogP contribution in [-0.4, -0.2) is 47.1 Å². The van der Waals surface area contributed by atoms with Crippen LogP contribution in [0.1, 0.15) is 25.7 Å². The fraction of sp³-hybridized carbons (Fsp3) is 0.529. The van der Waals surface area contributed by atoms with E-state index in [0.29, 0.717) is 6.04 Å². The van der Waals surface area contributed by atoms with Gasteiger partial charge in [0.15, 0.2) is 0 Å². The third-order valence-corrected chi connectivity index (χ3v) is 4.81. The van der Waals surface area contributed by atoms with Crippen molar-refractivity contribution in [2.75, 3.05) is 31.1 Å². The number of likely N-dealkylation sites (tertiary alicyclic amines) is 1. The predicted octanol–water partition coefficient (Wildman–Crippen LogP) is 2.69. The zero-order valence-electron chi connectivity index (χ0n) is 12.4. The molecule has 4 rings (SSSR count). The van der Waals surface area contributed by atoms with Gasteiger partial charge >= 0.3 is 0 Å². The average molecular weight is 282 g/mol. The van der Waals surface area contributed by atoms with E-state index in [1.807, 2.05) is 30.5 Å². The van der Waals surface area contributed by atoms with Crippen LogP contribution in [-0.2, 0) is 0 Å². The van der Waals surface area contributed by atoms with Gasteiger partial charge in [0, 0.05) is 19.1 Å². The lowest BCUT2D eigenvalue weighted by molar-refractivity contribution is 0.215. The molecule has 0 amide bonds. The standard InChI is InChI=1S/C17H22N4/c1-2-8-16-15(7-1)18-12-17(19-16)21-11-5-6-14(13-21)20-9-3-4-10-20/h1-2,7-8,12,14H,3-6,9-11,13H2/t14-/m0/s1. The number of piperidine rings is 1. The summed E-state index contributed by atoms with van der Waals surface area (Å²) in [5.74, 6) is 1.04. The average Bonchev–Trinajstić information content (AvgIpc) is 3.09. The van der Waals surface area contributed by atoms with Gasteiger partial charge in [0.25, 0.3) is 0 Å². The lowest BCUT2D eigenvalue weighted by Crippen LogP contribution is -2.47. The van der Waals surface area contributed by atoms with E-state index in [9.17, 15) is 0 Å². The third-order valence-electron chi connectivity index (χ3n) is 4.81. The van der Waals surface area contributed by atoms with Crippen LogP contribution in [0.3, 0.4) is 0 Å². The van der Waals surface area contributed by atoms with E-state index in [2.05, 4.69) is 14.8 Å². The van der Waals surface area contributed by atoms with Gasteiger partial charge in [0.2, 0.25) is 0 Å².